The molecule has 0 aliphatic heterocycles. The van der Waals surface area contributed by atoms with Gasteiger partial charge in [0.05, 0.1) is 22.2 Å². The van der Waals surface area contributed by atoms with Crippen molar-refractivity contribution in [2.75, 3.05) is 0 Å². The molecule has 5 rings (SSSR count). The van der Waals surface area contributed by atoms with E-state index in [1.165, 1.54) is 6.07 Å². The average Bonchev–Trinajstić information content (AvgIpc) is 3.46. The molecule has 0 unspecified atom stereocenters. The monoisotopic (exact) mass is 438 g/mol. The van der Waals surface area contributed by atoms with E-state index >= 15 is 0 Å². The zero-order valence-corrected chi connectivity index (χ0v) is 18.1. The van der Waals surface area contributed by atoms with Gasteiger partial charge in [-0.3, -0.25) is 0 Å². The third-order valence-corrected chi connectivity index (χ3v) is 5.57. The molecule has 0 aliphatic rings. The quantitative estimate of drug-likeness (QED) is 0.363. The van der Waals surface area contributed by atoms with Crippen LogP contribution in [0, 0.1) is 0 Å². The van der Waals surface area contributed by atoms with Gasteiger partial charge in [0.2, 0.25) is 5.82 Å². The number of carboxylic acids is 1. The second kappa shape index (κ2) is 8.70. The predicted molar refractivity (Wildman–Crippen MR) is 125 cm³/mol. The van der Waals surface area contributed by atoms with E-state index in [1.54, 1.807) is 18.2 Å². The minimum Gasteiger partial charge on any atom is -0.478 e. The molecule has 2 heterocycles. The van der Waals surface area contributed by atoms with Gasteiger partial charge in [-0.15, -0.1) is 0 Å². The number of benzene rings is 3. The van der Waals surface area contributed by atoms with Crippen molar-refractivity contribution in [3.8, 4) is 22.8 Å². The Morgan fingerprint density at radius 1 is 0.970 bits per heavy atom. The average molecular weight is 438 g/mol. The number of rotatable bonds is 7. The lowest BCUT2D eigenvalue weighted by Gasteiger charge is -2.09. The fourth-order valence-electron chi connectivity index (χ4n) is 3.96. The maximum Gasteiger partial charge on any atom is 0.336 e. The van der Waals surface area contributed by atoms with Crippen molar-refractivity contribution in [1.29, 1.82) is 0 Å². The van der Waals surface area contributed by atoms with Crippen LogP contribution in [0.3, 0.4) is 0 Å². The lowest BCUT2D eigenvalue weighted by Crippen LogP contribution is -2.05. The van der Waals surface area contributed by atoms with Gasteiger partial charge in [0.1, 0.15) is 5.82 Å². The second-order valence-electron chi connectivity index (χ2n) is 7.82. The maximum absolute atomic E-state index is 11.5. The molecule has 0 saturated carbocycles. The Kier molecular flexibility index (Phi) is 5.44. The van der Waals surface area contributed by atoms with Crippen molar-refractivity contribution >= 4 is 17.0 Å². The number of imidazole rings is 1. The summed E-state index contributed by atoms with van der Waals surface area (Å²) in [5.41, 5.74) is 4.60. The summed E-state index contributed by atoms with van der Waals surface area (Å²) in [6.45, 7) is 2.88. The number of para-hydroxylation sites is 2. The number of hydrogen-bond donors (Lipinski definition) is 1. The fourth-order valence-corrected chi connectivity index (χ4v) is 3.96. The summed E-state index contributed by atoms with van der Waals surface area (Å²) in [5, 5.41) is 13.5. The van der Waals surface area contributed by atoms with E-state index in [-0.39, 0.29) is 11.5 Å². The van der Waals surface area contributed by atoms with Crippen LogP contribution < -0.4 is 0 Å². The highest BCUT2D eigenvalue weighted by Gasteiger charge is 2.17. The summed E-state index contributed by atoms with van der Waals surface area (Å²) < 4.78 is 7.63. The van der Waals surface area contributed by atoms with Gasteiger partial charge in [0.25, 0.3) is 5.89 Å². The van der Waals surface area contributed by atoms with Crippen LogP contribution in [-0.4, -0.2) is 30.8 Å². The molecule has 0 aliphatic carbocycles. The van der Waals surface area contributed by atoms with Gasteiger partial charge in [0, 0.05) is 18.5 Å². The number of aryl methyl sites for hydroxylation is 1. The molecule has 0 spiro atoms. The molecule has 7 heteroatoms. The zero-order chi connectivity index (χ0) is 22.8. The SMILES string of the molecule is CCCc1nc2ccccc2n1Cc1ccc(-c2noc(-c3ccccc3C(=O)O)n2)cc1. The lowest BCUT2D eigenvalue weighted by molar-refractivity contribution is 0.0697. The first-order valence-electron chi connectivity index (χ1n) is 10.8. The van der Waals surface area contributed by atoms with Crippen molar-refractivity contribution in [3.63, 3.8) is 0 Å². The lowest BCUT2D eigenvalue weighted by atomic mass is 10.1. The molecule has 33 heavy (non-hydrogen) atoms. The van der Waals surface area contributed by atoms with Gasteiger partial charge < -0.3 is 14.2 Å². The predicted octanol–water partition coefficient (Wildman–Crippen LogP) is 5.45. The van der Waals surface area contributed by atoms with E-state index in [0.29, 0.717) is 11.4 Å². The number of aromatic carboxylic acids is 1. The molecule has 2 aromatic heterocycles. The molecule has 0 saturated heterocycles. The van der Waals surface area contributed by atoms with Gasteiger partial charge in [-0.25, -0.2) is 9.78 Å². The second-order valence-corrected chi connectivity index (χ2v) is 7.82. The van der Waals surface area contributed by atoms with Crippen molar-refractivity contribution in [2.24, 2.45) is 0 Å². The van der Waals surface area contributed by atoms with Crippen LogP contribution in [0.5, 0.6) is 0 Å². The molecule has 7 nitrogen and oxygen atoms in total. The first-order chi connectivity index (χ1) is 16.1. The van der Waals surface area contributed by atoms with Crippen LogP contribution in [0.25, 0.3) is 33.9 Å². The Hall–Kier alpha value is -4.26. The number of aromatic nitrogens is 4. The summed E-state index contributed by atoms with van der Waals surface area (Å²) in [6, 6.07) is 22.8. The molecule has 3 aromatic carbocycles. The van der Waals surface area contributed by atoms with E-state index in [4.69, 9.17) is 9.51 Å². The van der Waals surface area contributed by atoms with Crippen molar-refractivity contribution in [1.82, 2.24) is 19.7 Å². The van der Waals surface area contributed by atoms with Crippen molar-refractivity contribution < 1.29 is 14.4 Å². The molecule has 0 fully saturated rings. The van der Waals surface area contributed by atoms with Crippen LogP contribution in [0.1, 0.15) is 35.1 Å². The highest BCUT2D eigenvalue weighted by molar-refractivity contribution is 5.94. The van der Waals surface area contributed by atoms with Gasteiger partial charge in [-0.05, 0) is 36.2 Å². The maximum atomic E-state index is 11.5. The normalized spacial score (nSPS) is 11.2. The third kappa shape index (κ3) is 4.01. The molecule has 1 N–H and O–H groups in total. The summed E-state index contributed by atoms with van der Waals surface area (Å²) >= 11 is 0. The molecule has 0 amide bonds. The van der Waals surface area contributed by atoms with Crippen LogP contribution in [-0.2, 0) is 13.0 Å². The Morgan fingerprint density at radius 3 is 2.52 bits per heavy atom. The van der Waals surface area contributed by atoms with Gasteiger partial charge in [0.15, 0.2) is 0 Å². The highest BCUT2D eigenvalue weighted by atomic mass is 16.5. The molecular weight excluding hydrogens is 416 g/mol. The van der Waals surface area contributed by atoms with Crippen LogP contribution in [0.2, 0.25) is 0 Å². The standard InChI is InChI=1S/C26H22N4O3/c1-2-7-23-27-21-10-5-6-11-22(21)30(23)16-17-12-14-18(15-13-17)24-28-25(33-29-24)19-8-3-4-9-20(19)26(31)32/h3-6,8-15H,2,7,16H2,1H3,(H,31,32). The Morgan fingerprint density at radius 2 is 1.73 bits per heavy atom. The van der Waals surface area contributed by atoms with Gasteiger partial charge in [-0.1, -0.05) is 60.6 Å². The molecule has 0 radical (unpaired) electrons. The minimum absolute atomic E-state index is 0.124. The van der Waals surface area contributed by atoms with E-state index in [0.717, 1.165) is 47.4 Å². The third-order valence-electron chi connectivity index (χ3n) is 5.57. The molecule has 0 bridgehead atoms. The van der Waals surface area contributed by atoms with Gasteiger partial charge >= 0.3 is 5.97 Å². The first kappa shape index (κ1) is 20.6. The highest BCUT2D eigenvalue weighted by Crippen LogP contribution is 2.26. The van der Waals surface area contributed by atoms with Gasteiger partial charge in [-0.2, -0.15) is 4.98 Å². The number of hydrogen-bond acceptors (Lipinski definition) is 5. The topological polar surface area (TPSA) is 94.0 Å². The zero-order valence-electron chi connectivity index (χ0n) is 18.1. The Labute approximate surface area is 190 Å². The van der Waals surface area contributed by atoms with E-state index in [9.17, 15) is 9.90 Å². The first-order valence-corrected chi connectivity index (χ1v) is 10.8. The number of fused-ring (bicyclic) bond motifs is 1. The number of carbonyl (C=O) groups is 1. The fraction of sp³-hybridized carbons (Fsp3) is 0.154. The summed E-state index contributed by atoms with van der Waals surface area (Å²) in [5.74, 6) is 0.643. The van der Waals surface area contributed by atoms with Crippen LogP contribution in [0.15, 0.2) is 77.3 Å². The minimum atomic E-state index is -1.04. The Balaban J connectivity index is 1.41. The summed E-state index contributed by atoms with van der Waals surface area (Å²) in [6.07, 6.45) is 1.96. The molecule has 164 valence electrons. The van der Waals surface area contributed by atoms with Crippen molar-refractivity contribution in [2.45, 2.75) is 26.3 Å². The smallest absolute Gasteiger partial charge is 0.336 e. The molecular formula is C26H22N4O3. The van der Waals surface area contributed by atoms with Crippen LogP contribution in [0.4, 0.5) is 0 Å². The number of nitrogens with zero attached hydrogens (tertiary/aromatic N) is 4. The molecule has 0 atom stereocenters. The van der Waals surface area contributed by atoms with E-state index < -0.39 is 5.97 Å². The summed E-state index contributed by atoms with van der Waals surface area (Å²) in [7, 11) is 0. The number of carboxylic acid groups (broad SMARTS) is 1. The van der Waals surface area contributed by atoms with E-state index in [2.05, 4.69) is 27.7 Å². The van der Waals surface area contributed by atoms with Crippen LogP contribution >= 0.6 is 0 Å². The Bertz CT molecular complexity index is 1430. The largest absolute Gasteiger partial charge is 0.478 e. The molecule has 5 aromatic rings. The summed E-state index contributed by atoms with van der Waals surface area (Å²) in [4.78, 5) is 20.7. The van der Waals surface area contributed by atoms with Crippen molar-refractivity contribution in [3.05, 3.63) is 89.7 Å². The van der Waals surface area contributed by atoms with E-state index in [1.807, 2.05) is 42.5 Å².